The van der Waals surface area contributed by atoms with E-state index in [0.29, 0.717) is 49.2 Å². The van der Waals surface area contributed by atoms with Gasteiger partial charge in [0, 0.05) is 31.2 Å². The predicted molar refractivity (Wildman–Crippen MR) is 145 cm³/mol. The number of ether oxygens (including phenoxy) is 1. The Balaban J connectivity index is 1.48. The van der Waals surface area contributed by atoms with E-state index in [9.17, 15) is 8.42 Å². The topological polar surface area (TPSA) is 110 Å². The Labute approximate surface area is 220 Å². The number of sulfonamides is 1. The van der Waals surface area contributed by atoms with E-state index < -0.39 is 10.0 Å². The number of aromatic nitrogens is 4. The van der Waals surface area contributed by atoms with Gasteiger partial charge in [-0.25, -0.2) is 28.4 Å². The lowest BCUT2D eigenvalue weighted by molar-refractivity contribution is 0.0730. The van der Waals surface area contributed by atoms with Crippen molar-refractivity contribution >= 4 is 32.4 Å². The molecule has 0 unspecified atom stereocenters. The van der Waals surface area contributed by atoms with E-state index in [4.69, 9.17) is 14.7 Å². The Morgan fingerprint density at radius 2 is 1.58 bits per heavy atom. The summed E-state index contributed by atoms with van der Waals surface area (Å²) in [7, 11) is -3.66. The van der Waals surface area contributed by atoms with E-state index in [0.717, 1.165) is 22.0 Å². The third-order valence-corrected chi connectivity index (χ3v) is 8.23. The summed E-state index contributed by atoms with van der Waals surface area (Å²) in [5.74, 6) is 1.01. The maximum absolute atomic E-state index is 13.3. The first-order valence-corrected chi connectivity index (χ1v) is 13.6. The fourth-order valence-corrected chi connectivity index (χ4v) is 5.94. The van der Waals surface area contributed by atoms with Gasteiger partial charge in [-0.15, -0.1) is 0 Å². The molecule has 5 aromatic rings. The summed E-state index contributed by atoms with van der Waals surface area (Å²) in [6, 6.07) is 22.7. The van der Waals surface area contributed by atoms with Crippen LogP contribution in [0.2, 0.25) is 0 Å². The highest BCUT2D eigenvalue weighted by molar-refractivity contribution is 7.89. The van der Waals surface area contributed by atoms with E-state index in [-0.39, 0.29) is 4.90 Å². The standard InChI is InChI=1S/C28H24N6O3S/c35-38(36,34-12-14-37-15-13-34)23-9-4-8-22(16-23)31-28-26-24(20-6-2-1-3-7-20)10-5-11-25(26)32-27(33-28)21-17-29-19-30-18-21/h1-11,16-19H,12-15H2,(H,31,32,33). The highest BCUT2D eigenvalue weighted by atomic mass is 32.2. The molecule has 0 spiro atoms. The van der Waals surface area contributed by atoms with E-state index in [1.807, 2.05) is 54.6 Å². The highest BCUT2D eigenvalue weighted by Gasteiger charge is 2.26. The number of nitrogens with one attached hydrogen (secondary N) is 1. The van der Waals surface area contributed by atoms with Gasteiger partial charge in [0.2, 0.25) is 10.0 Å². The Kier molecular flexibility index (Phi) is 6.50. The molecule has 0 saturated carbocycles. The number of hydrogen-bond acceptors (Lipinski definition) is 8. The zero-order valence-electron chi connectivity index (χ0n) is 20.4. The van der Waals surface area contributed by atoms with E-state index in [2.05, 4.69) is 15.3 Å². The van der Waals surface area contributed by atoms with Crippen LogP contribution in [0.4, 0.5) is 11.5 Å². The van der Waals surface area contributed by atoms with Crippen LogP contribution in [0.25, 0.3) is 33.4 Å². The molecule has 10 heteroatoms. The normalized spacial score (nSPS) is 14.4. The molecular formula is C28H24N6O3S. The SMILES string of the molecule is O=S(=O)(c1cccc(Nc2nc(-c3cncnc3)nc3cccc(-c4ccccc4)c23)c1)N1CCOCC1. The third kappa shape index (κ3) is 4.72. The van der Waals surface area contributed by atoms with Crippen molar-refractivity contribution in [3.8, 4) is 22.5 Å². The van der Waals surface area contributed by atoms with Crippen molar-refractivity contribution in [1.29, 1.82) is 0 Å². The number of rotatable bonds is 6. The second kappa shape index (κ2) is 10.3. The summed E-state index contributed by atoms with van der Waals surface area (Å²) in [5.41, 5.74) is 3.98. The van der Waals surface area contributed by atoms with Crippen LogP contribution in [0.15, 0.2) is 96.4 Å². The molecule has 1 saturated heterocycles. The smallest absolute Gasteiger partial charge is 0.243 e. The first-order valence-electron chi connectivity index (χ1n) is 12.2. The van der Waals surface area contributed by atoms with Crippen LogP contribution >= 0.6 is 0 Å². The Morgan fingerprint density at radius 3 is 2.37 bits per heavy atom. The average Bonchev–Trinajstić information content (AvgIpc) is 2.98. The molecule has 1 aliphatic rings. The number of benzene rings is 3. The summed E-state index contributed by atoms with van der Waals surface area (Å²) in [4.78, 5) is 18.1. The van der Waals surface area contributed by atoms with Crippen molar-refractivity contribution in [2.45, 2.75) is 4.90 Å². The van der Waals surface area contributed by atoms with Crippen LogP contribution in [-0.2, 0) is 14.8 Å². The summed E-state index contributed by atoms with van der Waals surface area (Å²) in [5, 5.41) is 4.20. The molecule has 9 nitrogen and oxygen atoms in total. The zero-order valence-corrected chi connectivity index (χ0v) is 21.2. The molecule has 190 valence electrons. The Hall–Kier alpha value is -4.25. The molecule has 0 aliphatic carbocycles. The number of hydrogen-bond donors (Lipinski definition) is 1. The van der Waals surface area contributed by atoms with Gasteiger partial charge >= 0.3 is 0 Å². The molecule has 1 aliphatic heterocycles. The Morgan fingerprint density at radius 1 is 0.816 bits per heavy atom. The number of morpholine rings is 1. The first kappa shape index (κ1) is 24.1. The molecule has 1 fully saturated rings. The lowest BCUT2D eigenvalue weighted by Crippen LogP contribution is -2.40. The molecule has 3 aromatic carbocycles. The van der Waals surface area contributed by atoms with Crippen molar-refractivity contribution in [3.05, 3.63) is 91.5 Å². The molecule has 1 N–H and O–H groups in total. The molecule has 38 heavy (non-hydrogen) atoms. The maximum Gasteiger partial charge on any atom is 0.243 e. The minimum absolute atomic E-state index is 0.211. The molecule has 0 radical (unpaired) electrons. The summed E-state index contributed by atoms with van der Waals surface area (Å²) in [6.07, 6.45) is 4.78. The van der Waals surface area contributed by atoms with Gasteiger partial charge in [-0.1, -0.05) is 48.5 Å². The van der Waals surface area contributed by atoms with Gasteiger partial charge in [0.1, 0.15) is 12.1 Å². The predicted octanol–water partition coefficient (Wildman–Crippen LogP) is 4.52. The lowest BCUT2D eigenvalue weighted by Gasteiger charge is -2.26. The summed E-state index contributed by atoms with van der Waals surface area (Å²) < 4.78 is 33.4. The molecule has 3 heterocycles. The molecule has 2 aromatic heterocycles. The van der Waals surface area contributed by atoms with Gasteiger partial charge in [-0.3, -0.25) is 0 Å². The van der Waals surface area contributed by atoms with Gasteiger partial charge in [-0.2, -0.15) is 4.31 Å². The van der Waals surface area contributed by atoms with Crippen molar-refractivity contribution in [1.82, 2.24) is 24.2 Å². The minimum Gasteiger partial charge on any atom is -0.379 e. The molecule has 0 bridgehead atoms. The molecule has 0 amide bonds. The van der Waals surface area contributed by atoms with Crippen molar-refractivity contribution in [3.63, 3.8) is 0 Å². The van der Waals surface area contributed by atoms with Crippen LogP contribution in [0.5, 0.6) is 0 Å². The van der Waals surface area contributed by atoms with Gasteiger partial charge in [0.25, 0.3) is 0 Å². The minimum atomic E-state index is -3.66. The van der Waals surface area contributed by atoms with Crippen LogP contribution < -0.4 is 5.32 Å². The molecular weight excluding hydrogens is 500 g/mol. The lowest BCUT2D eigenvalue weighted by atomic mass is 10.0. The van der Waals surface area contributed by atoms with Crippen molar-refractivity contribution in [2.24, 2.45) is 0 Å². The van der Waals surface area contributed by atoms with E-state index in [1.54, 1.807) is 30.6 Å². The average molecular weight is 525 g/mol. The monoisotopic (exact) mass is 524 g/mol. The van der Waals surface area contributed by atoms with Gasteiger partial charge in [-0.05, 0) is 35.4 Å². The van der Waals surface area contributed by atoms with Crippen LogP contribution in [0.3, 0.4) is 0 Å². The highest BCUT2D eigenvalue weighted by Crippen LogP contribution is 2.35. The second-order valence-corrected chi connectivity index (χ2v) is 10.7. The fraction of sp³-hybridized carbons (Fsp3) is 0.143. The number of anilines is 2. The van der Waals surface area contributed by atoms with Crippen LogP contribution in [0, 0.1) is 0 Å². The third-order valence-electron chi connectivity index (χ3n) is 6.33. The molecule has 0 atom stereocenters. The van der Waals surface area contributed by atoms with Gasteiger partial charge < -0.3 is 10.1 Å². The number of fused-ring (bicyclic) bond motifs is 1. The van der Waals surface area contributed by atoms with Crippen LogP contribution in [0.1, 0.15) is 0 Å². The number of nitrogens with zero attached hydrogens (tertiary/aromatic N) is 5. The molecule has 6 rings (SSSR count). The van der Waals surface area contributed by atoms with E-state index in [1.165, 1.54) is 10.6 Å². The zero-order chi connectivity index (χ0) is 26.0. The fourth-order valence-electron chi connectivity index (χ4n) is 4.48. The summed E-state index contributed by atoms with van der Waals surface area (Å²) in [6.45, 7) is 1.44. The quantitative estimate of drug-likeness (QED) is 0.345. The van der Waals surface area contributed by atoms with Gasteiger partial charge in [0.15, 0.2) is 5.82 Å². The van der Waals surface area contributed by atoms with Crippen molar-refractivity contribution in [2.75, 3.05) is 31.6 Å². The van der Waals surface area contributed by atoms with Gasteiger partial charge in [0.05, 0.1) is 34.6 Å². The second-order valence-electron chi connectivity index (χ2n) is 8.76. The van der Waals surface area contributed by atoms with Crippen molar-refractivity contribution < 1.29 is 13.2 Å². The first-order chi connectivity index (χ1) is 18.6. The van der Waals surface area contributed by atoms with E-state index >= 15 is 0 Å². The van der Waals surface area contributed by atoms with Crippen LogP contribution in [-0.4, -0.2) is 59.0 Å². The summed E-state index contributed by atoms with van der Waals surface area (Å²) >= 11 is 0. The Bertz CT molecular complexity index is 1690. The largest absolute Gasteiger partial charge is 0.379 e. The maximum atomic E-state index is 13.3.